The van der Waals surface area contributed by atoms with Gasteiger partial charge in [-0.3, -0.25) is 14.4 Å². The lowest BCUT2D eigenvalue weighted by molar-refractivity contribution is -0.169. The number of ether oxygens (including phenoxy) is 3. The third kappa shape index (κ3) is 3.27. The van der Waals surface area contributed by atoms with Crippen LogP contribution in [0, 0.1) is 12.5 Å². The van der Waals surface area contributed by atoms with Crippen molar-refractivity contribution in [3.8, 4) is 0 Å². The molecule has 3 atom stereocenters. The molecule has 7 heteroatoms. The third-order valence-electron chi connectivity index (χ3n) is 3.83. The lowest BCUT2D eigenvalue weighted by atomic mass is 9.84. The van der Waals surface area contributed by atoms with Crippen LogP contribution in [0.2, 0.25) is 0 Å². The van der Waals surface area contributed by atoms with Crippen molar-refractivity contribution >= 4 is 17.9 Å². The van der Waals surface area contributed by atoms with Gasteiger partial charge in [0.1, 0.15) is 0 Å². The molecule has 1 heterocycles. The highest BCUT2D eigenvalue weighted by Crippen LogP contribution is 2.45. The van der Waals surface area contributed by atoms with Gasteiger partial charge >= 0.3 is 23.6 Å². The van der Waals surface area contributed by atoms with E-state index in [1.54, 1.807) is 0 Å². The van der Waals surface area contributed by atoms with Crippen LogP contribution in [0.25, 0.3) is 4.85 Å². The van der Waals surface area contributed by atoms with E-state index < -0.39 is 23.8 Å². The summed E-state index contributed by atoms with van der Waals surface area (Å²) in [5.41, 5.74) is -1.36. The van der Waals surface area contributed by atoms with Crippen molar-refractivity contribution < 1.29 is 28.6 Å². The number of hydrogen-bond acceptors (Lipinski definition) is 6. The first-order chi connectivity index (χ1) is 10.5. The Labute approximate surface area is 128 Å². The molecule has 0 N–H and O–H groups in total. The second-order valence-corrected chi connectivity index (χ2v) is 5.31. The molecule has 3 unspecified atom stereocenters. The van der Waals surface area contributed by atoms with Crippen molar-refractivity contribution in [2.24, 2.45) is 5.92 Å². The fraction of sp³-hybridized carbons (Fsp3) is 0.600. The van der Waals surface area contributed by atoms with E-state index in [9.17, 15) is 14.4 Å². The molecule has 1 saturated carbocycles. The van der Waals surface area contributed by atoms with Gasteiger partial charge in [0.25, 0.3) is 0 Å². The normalized spacial score (nSPS) is 29.1. The van der Waals surface area contributed by atoms with Gasteiger partial charge in [0, 0.05) is 12.5 Å². The molecule has 2 aliphatic rings. The molecule has 0 radical (unpaired) electrons. The van der Waals surface area contributed by atoms with E-state index in [-0.39, 0.29) is 31.3 Å². The fourth-order valence-corrected chi connectivity index (χ4v) is 2.69. The predicted molar refractivity (Wildman–Crippen MR) is 73.0 cm³/mol. The average molecular weight is 307 g/mol. The molecule has 1 aliphatic heterocycles. The van der Waals surface area contributed by atoms with Crippen molar-refractivity contribution in [1.82, 2.24) is 0 Å². The molecule has 1 aliphatic carbocycles. The van der Waals surface area contributed by atoms with Crippen LogP contribution < -0.4 is 0 Å². The van der Waals surface area contributed by atoms with E-state index in [2.05, 4.69) is 11.4 Å². The van der Waals surface area contributed by atoms with Crippen molar-refractivity contribution in [3.63, 3.8) is 0 Å². The minimum absolute atomic E-state index is 0.0619. The third-order valence-corrected chi connectivity index (χ3v) is 3.83. The summed E-state index contributed by atoms with van der Waals surface area (Å²) >= 11 is 0. The Hall–Kier alpha value is -2.36. The first-order valence-corrected chi connectivity index (χ1v) is 7.11. The summed E-state index contributed by atoms with van der Waals surface area (Å²) < 4.78 is 15.2. The number of carbonyl (C=O) groups is 3. The van der Waals surface area contributed by atoms with Crippen LogP contribution >= 0.6 is 0 Å². The largest absolute Gasteiger partial charge is 0.463 e. The Kier molecular flexibility index (Phi) is 4.81. The maximum atomic E-state index is 11.8. The molecule has 2 bridgehead atoms. The summed E-state index contributed by atoms with van der Waals surface area (Å²) in [6.45, 7) is 10.6. The fourth-order valence-electron chi connectivity index (χ4n) is 2.69. The standard InChI is InChI=1S/C15H17NO6/c1-3-12(17)20-8-4-5-13(18)21-11-7-6-10-9-15(11,16-2)22-14(10)19/h3,10-11H,1,4-9H2. The first kappa shape index (κ1) is 16.0. The summed E-state index contributed by atoms with van der Waals surface area (Å²) in [5.74, 6) is -1.69. The number of fused-ring (bicyclic) bond motifs is 2. The topological polar surface area (TPSA) is 83.3 Å². The second-order valence-electron chi connectivity index (χ2n) is 5.31. The molecule has 0 spiro atoms. The summed E-state index contributed by atoms with van der Waals surface area (Å²) in [6.07, 6.45) is 1.98. The quantitative estimate of drug-likeness (QED) is 0.242. The van der Waals surface area contributed by atoms with Crippen molar-refractivity contribution in [1.29, 1.82) is 0 Å². The molecule has 2 fully saturated rings. The maximum Gasteiger partial charge on any atom is 0.415 e. The molecule has 0 amide bonds. The minimum Gasteiger partial charge on any atom is -0.463 e. The average Bonchev–Trinajstić information content (AvgIpc) is 2.79. The van der Waals surface area contributed by atoms with E-state index in [1.807, 2.05) is 0 Å². The van der Waals surface area contributed by atoms with Crippen molar-refractivity contribution in [2.75, 3.05) is 6.61 Å². The SMILES string of the molecule is [C-]#[N+]C12CC(CCC1OC(=O)CCCOC(=O)C=C)C(=O)O2. The zero-order valence-electron chi connectivity index (χ0n) is 12.1. The van der Waals surface area contributed by atoms with Crippen LogP contribution in [0.15, 0.2) is 12.7 Å². The van der Waals surface area contributed by atoms with Crippen LogP contribution in [-0.2, 0) is 28.6 Å². The lowest BCUT2D eigenvalue weighted by Gasteiger charge is -2.27. The zero-order chi connectivity index (χ0) is 16.2. The highest BCUT2D eigenvalue weighted by molar-refractivity contribution is 5.81. The zero-order valence-corrected chi connectivity index (χ0v) is 12.1. The van der Waals surface area contributed by atoms with Crippen LogP contribution in [-0.4, -0.2) is 36.3 Å². The molecular formula is C15H17NO6. The summed E-state index contributed by atoms with van der Waals surface area (Å²) in [4.78, 5) is 37.6. The molecule has 1 saturated heterocycles. The Balaban J connectivity index is 1.81. The predicted octanol–water partition coefficient (Wildman–Crippen LogP) is 1.38. The van der Waals surface area contributed by atoms with Gasteiger partial charge in [-0.25, -0.2) is 11.4 Å². The maximum absolute atomic E-state index is 11.8. The molecule has 0 aromatic heterocycles. The van der Waals surface area contributed by atoms with Gasteiger partial charge in [0.15, 0.2) is 0 Å². The molecule has 2 rings (SSSR count). The van der Waals surface area contributed by atoms with Crippen molar-refractivity contribution in [3.05, 3.63) is 24.1 Å². The summed E-state index contributed by atoms with van der Waals surface area (Å²) in [5, 5.41) is 0. The Morgan fingerprint density at radius 3 is 2.95 bits per heavy atom. The Morgan fingerprint density at radius 2 is 2.27 bits per heavy atom. The molecular weight excluding hydrogens is 290 g/mol. The summed E-state index contributed by atoms with van der Waals surface area (Å²) in [7, 11) is 0. The first-order valence-electron chi connectivity index (χ1n) is 7.11. The lowest BCUT2D eigenvalue weighted by Crippen LogP contribution is -2.44. The second kappa shape index (κ2) is 6.60. The molecule has 22 heavy (non-hydrogen) atoms. The van der Waals surface area contributed by atoms with Gasteiger partial charge in [-0.2, -0.15) is 0 Å². The molecule has 0 aromatic carbocycles. The van der Waals surface area contributed by atoms with E-state index in [0.29, 0.717) is 19.3 Å². The molecule has 7 nitrogen and oxygen atoms in total. The Bertz CT molecular complexity index is 537. The van der Waals surface area contributed by atoms with Gasteiger partial charge in [0.05, 0.1) is 18.9 Å². The van der Waals surface area contributed by atoms with Gasteiger partial charge in [-0.15, -0.1) is 0 Å². The number of carbonyl (C=O) groups excluding carboxylic acids is 3. The van der Waals surface area contributed by atoms with Crippen LogP contribution in [0.5, 0.6) is 0 Å². The number of rotatable bonds is 6. The van der Waals surface area contributed by atoms with Gasteiger partial charge < -0.3 is 14.2 Å². The van der Waals surface area contributed by atoms with Crippen LogP contribution in [0.3, 0.4) is 0 Å². The number of nitrogens with zero attached hydrogens (tertiary/aromatic N) is 1. The van der Waals surface area contributed by atoms with E-state index in [4.69, 9.17) is 20.8 Å². The monoisotopic (exact) mass is 307 g/mol. The smallest absolute Gasteiger partial charge is 0.415 e. The van der Waals surface area contributed by atoms with Gasteiger partial charge in [-0.05, 0) is 19.3 Å². The molecule has 0 aromatic rings. The van der Waals surface area contributed by atoms with Gasteiger partial charge in [0.2, 0.25) is 6.10 Å². The minimum atomic E-state index is -1.36. The highest BCUT2D eigenvalue weighted by Gasteiger charge is 2.63. The van der Waals surface area contributed by atoms with Crippen LogP contribution in [0.4, 0.5) is 0 Å². The van der Waals surface area contributed by atoms with Crippen LogP contribution in [0.1, 0.15) is 32.1 Å². The van der Waals surface area contributed by atoms with Crippen molar-refractivity contribution in [2.45, 2.75) is 43.9 Å². The highest BCUT2D eigenvalue weighted by atomic mass is 16.6. The van der Waals surface area contributed by atoms with E-state index in [1.165, 1.54) is 0 Å². The molecule has 118 valence electrons. The van der Waals surface area contributed by atoms with Gasteiger partial charge in [-0.1, -0.05) is 6.58 Å². The number of esters is 3. The number of hydrogen-bond donors (Lipinski definition) is 0. The van der Waals surface area contributed by atoms with E-state index in [0.717, 1.165) is 6.08 Å². The Morgan fingerprint density at radius 1 is 1.50 bits per heavy atom. The summed E-state index contributed by atoms with van der Waals surface area (Å²) in [6, 6.07) is 0. The van der Waals surface area contributed by atoms with E-state index >= 15 is 0 Å².